The van der Waals surface area contributed by atoms with Crippen molar-refractivity contribution in [3.8, 4) is 5.75 Å². The van der Waals surface area contributed by atoms with Crippen molar-refractivity contribution in [3.63, 3.8) is 0 Å². The van der Waals surface area contributed by atoms with Crippen LogP contribution >= 0.6 is 0 Å². The van der Waals surface area contributed by atoms with Gasteiger partial charge in [0.15, 0.2) is 0 Å². The standard InChI is InChI=1S/C19H28N2O3/c1-4-24-17-7-5-16(6-8-17)20-19(23)15-9-11-21(12-10-15)18(22)13-14(2)3/h5-8,14-15H,4,9-13H2,1-3H3,(H,20,23). The topological polar surface area (TPSA) is 58.6 Å². The van der Waals surface area contributed by atoms with Gasteiger partial charge in [-0.15, -0.1) is 0 Å². The molecule has 132 valence electrons. The van der Waals surface area contributed by atoms with E-state index in [1.165, 1.54) is 0 Å². The maximum atomic E-state index is 12.4. The molecule has 0 unspecified atom stereocenters. The van der Waals surface area contributed by atoms with Crippen LogP contribution in [0.4, 0.5) is 5.69 Å². The maximum absolute atomic E-state index is 12.4. The van der Waals surface area contributed by atoms with Crippen molar-refractivity contribution in [2.24, 2.45) is 11.8 Å². The van der Waals surface area contributed by atoms with E-state index >= 15 is 0 Å². The van der Waals surface area contributed by atoms with Gasteiger partial charge < -0.3 is 15.0 Å². The minimum atomic E-state index is -0.0281. The van der Waals surface area contributed by atoms with Gasteiger partial charge in [0.2, 0.25) is 11.8 Å². The third kappa shape index (κ3) is 5.25. The van der Waals surface area contributed by atoms with Gasteiger partial charge in [0.25, 0.3) is 0 Å². The van der Waals surface area contributed by atoms with Gasteiger partial charge in [-0.25, -0.2) is 0 Å². The van der Waals surface area contributed by atoms with Crippen molar-refractivity contribution in [2.75, 3.05) is 25.0 Å². The number of hydrogen-bond donors (Lipinski definition) is 1. The number of amides is 2. The molecule has 2 rings (SSSR count). The highest BCUT2D eigenvalue weighted by Crippen LogP contribution is 2.22. The average Bonchev–Trinajstić information content (AvgIpc) is 2.56. The first-order chi connectivity index (χ1) is 11.5. The van der Waals surface area contributed by atoms with Gasteiger partial charge in [-0.1, -0.05) is 13.8 Å². The summed E-state index contributed by atoms with van der Waals surface area (Å²) in [5, 5.41) is 2.96. The number of benzene rings is 1. The van der Waals surface area contributed by atoms with Gasteiger partial charge in [0.05, 0.1) is 6.61 Å². The van der Waals surface area contributed by atoms with Crippen LogP contribution in [-0.2, 0) is 9.59 Å². The van der Waals surface area contributed by atoms with Crippen LogP contribution < -0.4 is 10.1 Å². The van der Waals surface area contributed by atoms with E-state index in [1.807, 2.05) is 36.1 Å². The molecular formula is C19H28N2O3. The molecule has 1 aliphatic heterocycles. The normalized spacial score (nSPS) is 15.4. The van der Waals surface area contributed by atoms with Gasteiger partial charge >= 0.3 is 0 Å². The molecule has 1 fully saturated rings. The van der Waals surface area contributed by atoms with E-state index in [-0.39, 0.29) is 17.7 Å². The van der Waals surface area contributed by atoms with Crippen LogP contribution in [0.3, 0.4) is 0 Å². The maximum Gasteiger partial charge on any atom is 0.227 e. The van der Waals surface area contributed by atoms with Crippen molar-refractivity contribution >= 4 is 17.5 Å². The lowest BCUT2D eigenvalue weighted by molar-refractivity contribution is -0.135. The van der Waals surface area contributed by atoms with E-state index < -0.39 is 0 Å². The molecule has 1 aromatic rings. The van der Waals surface area contributed by atoms with Crippen LogP contribution in [0.5, 0.6) is 5.75 Å². The highest BCUT2D eigenvalue weighted by molar-refractivity contribution is 5.92. The zero-order valence-corrected chi connectivity index (χ0v) is 14.9. The van der Waals surface area contributed by atoms with Crippen molar-refractivity contribution < 1.29 is 14.3 Å². The summed E-state index contributed by atoms with van der Waals surface area (Å²) in [5.41, 5.74) is 0.779. The van der Waals surface area contributed by atoms with Crippen molar-refractivity contribution in [1.29, 1.82) is 0 Å². The number of likely N-dealkylation sites (tertiary alicyclic amines) is 1. The molecule has 0 bridgehead atoms. The Morgan fingerprint density at radius 1 is 1.21 bits per heavy atom. The molecule has 0 saturated carbocycles. The van der Waals surface area contributed by atoms with Crippen molar-refractivity contribution in [2.45, 2.75) is 40.0 Å². The fourth-order valence-corrected chi connectivity index (χ4v) is 2.91. The van der Waals surface area contributed by atoms with Crippen molar-refractivity contribution in [3.05, 3.63) is 24.3 Å². The SMILES string of the molecule is CCOc1ccc(NC(=O)C2CCN(C(=O)CC(C)C)CC2)cc1. The third-order valence-electron chi connectivity index (χ3n) is 4.23. The number of anilines is 1. The van der Waals surface area contributed by atoms with Crippen LogP contribution in [-0.4, -0.2) is 36.4 Å². The van der Waals surface area contributed by atoms with Gasteiger partial charge in [-0.05, 0) is 49.9 Å². The van der Waals surface area contributed by atoms with Crippen molar-refractivity contribution in [1.82, 2.24) is 4.90 Å². The van der Waals surface area contributed by atoms with Crippen LogP contribution in [0.25, 0.3) is 0 Å². The fourth-order valence-electron chi connectivity index (χ4n) is 2.91. The molecule has 1 N–H and O–H groups in total. The number of nitrogens with zero attached hydrogens (tertiary/aromatic N) is 1. The molecule has 1 heterocycles. The summed E-state index contributed by atoms with van der Waals surface area (Å²) in [5.74, 6) is 1.39. The predicted molar refractivity (Wildman–Crippen MR) is 95.0 cm³/mol. The van der Waals surface area contributed by atoms with E-state index in [0.717, 1.165) is 24.3 Å². The Labute approximate surface area is 144 Å². The molecule has 0 aliphatic carbocycles. The number of hydrogen-bond acceptors (Lipinski definition) is 3. The first-order valence-corrected chi connectivity index (χ1v) is 8.81. The molecule has 1 saturated heterocycles. The highest BCUT2D eigenvalue weighted by atomic mass is 16.5. The Balaban J connectivity index is 1.81. The molecule has 1 aliphatic rings. The monoisotopic (exact) mass is 332 g/mol. The minimum Gasteiger partial charge on any atom is -0.494 e. The van der Waals surface area contributed by atoms with E-state index in [2.05, 4.69) is 19.2 Å². The minimum absolute atomic E-state index is 0.0281. The Kier molecular flexibility index (Phi) is 6.64. The summed E-state index contributed by atoms with van der Waals surface area (Å²) < 4.78 is 5.39. The van der Waals surface area contributed by atoms with Crippen LogP contribution in [0, 0.1) is 11.8 Å². The smallest absolute Gasteiger partial charge is 0.227 e. The molecule has 2 amide bonds. The number of piperidine rings is 1. The first-order valence-electron chi connectivity index (χ1n) is 8.81. The summed E-state index contributed by atoms with van der Waals surface area (Å²) in [4.78, 5) is 26.4. The average molecular weight is 332 g/mol. The molecule has 24 heavy (non-hydrogen) atoms. The second-order valence-electron chi connectivity index (χ2n) is 6.70. The Morgan fingerprint density at radius 2 is 1.83 bits per heavy atom. The zero-order valence-electron chi connectivity index (χ0n) is 14.9. The van der Waals surface area contributed by atoms with E-state index in [0.29, 0.717) is 32.0 Å². The quantitative estimate of drug-likeness (QED) is 0.869. The van der Waals surface area contributed by atoms with E-state index in [9.17, 15) is 9.59 Å². The number of carbonyl (C=O) groups is 2. The summed E-state index contributed by atoms with van der Waals surface area (Å²) in [7, 11) is 0. The Morgan fingerprint density at radius 3 is 2.38 bits per heavy atom. The van der Waals surface area contributed by atoms with Crippen LogP contribution in [0.2, 0.25) is 0 Å². The second kappa shape index (κ2) is 8.71. The largest absolute Gasteiger partial charge is 0.494 e. The van der Waals surface area contributed by atoms with E-state index in [1.54, 1.807) is 0 Å². The second-order valence-corrected chi connectivity index (χ2v) is 6.70. The predicted octanol–water partition coefficient (Wildman–Crippen LogP) is 3.31. The number of rotatable bonds is 6. The van der Waals surface area contributed by atoms with Gasteiger partial charge in [-0.3, -0.25) is 9.59 Å². The lowest BCUT2D eigenvalue weighted by Gasteiger charge is -2.31. The number of carbonyl (C=O) groups excluding carboxylic acids is 2. The first kappa shape index (κ1) is 18.3. The molecule has 0 spiro atoms. The number of nitrogens with one attached hydrogen (secondary N) is 1. The lowest BCUT2D eigenvalue weighted by Crippen LogP contribution is -2.41. The summed E-state index contributed by atoms with van der Waals surface area (Å²) >= 11 is 0. The molecule has 1 aromatic carbocycles. The summed E-state index contributed by atoms with van der Waals surface area (Å²) in [6, 6.07) is 7.41. The zero-order chi connectivity index (χ0) is 17.5. The highest BCUT2D eigenvalue weighted by Gasteiger charge is 2.27. The van der Waals surface area contributed by atoms with Gasteiger partial charge in [0, 0.05) is 31.1 Å². The molecular weight excluding hydrogens is 304 g/mol. The summed E-state index contributed by atoms with van der Waals surface area (Å²) in [6.07, 6.45) is 2.04. The molecule has 0 aromatic heterocycles. The Hall–Kier alpha value is -2.04. The molecule has 5 nitrogen and oxygen atoms in total. The Bertz CT molecular complexity index is 546. The van der Waals surface area contributed by atoms with Crippen LogP contribution in [0.1, 0.15) is 40.0 Å². The number of ether oxygens (including phenoxy) is 1. The van der Waals surface area contributed by atoms with Gasteiger partial charge in [0.1, 0.15) is 5.75 Å². The lowest BCUT2D eigenvalue weighted by atomic mass is 9.95. The third-order valence-corrected chi connectivity index (χ3v) is 4.23. The van der Waals surface area contributed by atoms with Crippen LogP contribution in [0.15, 0.2) is 24.3 Å². The van der Waals surface area contributed by atoms with Gasteiger partial charge in [-0.2, -0.15) is 0 Å². The molecule has 5 heteroatoms. The fraction of sp³-hybridized carbons (Fsp3) is 0.579. The summed E-state index contributed by atoms with van der Waals surface area (Å²) in [6.45, 7) is 8.01. The molecule has 0 radical (unpaired) electrons. The van der Waals surface area contributed by atoms with E-state index in [4.69, 9.17) is 4.74 Å². The molecule has 0 atom stereocenters.